The molecule has 0 saturated heterocycles. The molecule has 0 bridgehead atoms. The fourth-order valence-electron chi connectivity index (χ4n) is 2.22. The van der Waals surface area contributed by atoms with Crippen molar-refractivity contribution < 1.29 is 15.0 Å². The molecule has 0 aliphatic carbocycles. The molecule has 0 unspecified atom stereocenters. The maximum atomic E-state index is 11.0. The summed E-state index contributed by atoms with van der Waals surface area (Å²) >= 11 is 6.27. The summed E-state index contributed by atoms with van der Waals surface area (Å²) < 4.78 is 1.43. The minimum absolute atomic E-state index is 0.0735. The lowest BCUT2D eigenvalue weighted by Crippen LogP contribution is -2.00. The minimum atomic E-state index is -1.11. The van der Waals surface area contributed by atoms with Gasteiger partial charge in [-0.3, -0.25) is 4.68 Å². The molecular formula is C14H15ClN2O3. The summed E-state index contributed by atoms with van der Waals surface area (Å²) in [6.45, 7) is 5.39. The number of benzene rings is 1. The number of carbonyl (C=O) groups is 1. The highest BCUT2D eigenvalue weighted by molar-refractivity contribution is 6.32. The zero-order valence-electron chi connectivity index (χ0n) is 11.7. The van der Waals surface area contributed by atoms with Crippen LogP contribution in [0.1, 0.15) is 27.2 Å². The first-order chi connectivity index (χ1) is 9.25. The highest BCUT2D eigenvalue weighted by Crippen LogP contribution is 2.41. The first kappa shape index (κ1) is 14.4. The van der Waals surface area contributed by atoms with Gasteiger partial charge in [-0.1, -0.05) is 11.6 Å². The van der Waals surface area contributed by atoms with Crippen LogP contribution in [0.25, 0.3) is 11.3 Å². The number of aromatic carboxylic acids is 1. The van der Waals surface area contributed by atoms with E-state index in [1.165, 1.54) is 10.7 Å². The summed E-state index contributed by atoms with van der Waals surface area (Å²) in [6, 6.07) is 1.43. The molecule has 1 heterocycles. The second-order valence-corrected chi connectivity index (χ2v) is 5.13. The number of nitrogens with zero attached hydrogens (tertiary/aromatic N) is 2. The highest BCUT2D eigenvalue weighted by Gasteiger charge is 2.21. The molecule has 0 atom stereocenters. The Kier molecular flexibility index (Phi) is 3.48. The molecule has 0 radical (unpaired) electrons. The van der Waals surface area contributed by atoms with Crippen LogP contribution in [0, 0.1) is 20.8 Å². The Morgan fingerprint density at radius 1 is 1.25 bits per heavy atom. The van der Waals surface area contributed by atoms with Crippen molar-refractivity contribution in [3.05, 3.63) is 33.5 Å². The lowest BCUT2D eigenvalue weighted by atomic mass is 9.96. The van der Waals surface area contributed by atoms with Crippen molar-refractivity contribution in [2.24, 2.45) is 7.05 Å². The van der Waals surface area contributed by atoms with Gasteiger partial charge in [0, 0.05) is 17.6 Å². The van der Waals surface area contributed by atoms with Crippen LogP contribution < -0.4 is 0 Å². The van der Waals surface area contributed by atoms with Crippen LogP contribution in [0.15, 0.2) is 6.07 Å². The molecular weight excluding hydrogens is 280 g/mol. The summed E-state index contributed by atoms with van der Waals surface area (Å²) in [4.78, 5) is 11.0. The van der Waals surface area contributed by atoms with Gasteiger partial charge < -0.3 is 10.2 Å². The number of aryl methyl sites for hydroxylation is 1. The molecule has 2 aromatic rings. The number of hydrogen-bond donors (Lipinski definition) is 2. The number of aromatic nitrogens is 2. The summed E-state index contributed by atoms with van der Waals surface area (Å²) in [5.74, 6) is -1.01. The van der Waals surface area contributed by atoms with Crippen molar-refractivity contribution >= 4 is 17.6 Å². The smallest absolute Gasteiger partial charge is 0.356 e. The molecule has 1 aromatic carbocycles. The van der Waals surface area contributed by atoms with Gasteiger partial charge in [0.2, 0.25) is 0 Å². The van der Waals surface area contributed by atoms with E-state index < -0.39 is 5.97 Å². The monoisotopic (exact) mass is 294 g/mol. The van der Waals surface area contributed by atoms with E-state index in [0.29, 0.717) is 27.4 Å². The van der Waals surface area contributed by atoms with Gasteiger partial charge in [-0.25, -0.2) is 4.79 Å². The molecule has 6 heteroatoms. The van der Waals surface area contributed by atoms with E-state index in [1.807, 2.05) is 6.92 Å². The number of aromatic hydroxyl groups is 1. The highest BCUT2D eigenvalue weighted by atomic mass is 35.5. The topological polar surface area (TPSA) is 75.3 Å². The van der Waals surface area contributed by atoms with Gasteiger partial charge in [0.25, 0.3) is 0 Å². The number of carboxylic acids is 1. The van der Waals surface area contributed by atoms with Crippen molar-refractivity contribution in [2.45, 2.75) is 20.8 Å². The molecule has 0 aliphatic rings. The van der Waals surface area contributed by atoms with E-state index >= 15 is 0 Å². The number of phenols is 1. The third-order valence-electron chi connectivity index (χ3n) is 3.54. The van der Waals surface area contributed by atoms with Crippen LogP contribution in [-0.4, -0.2) is 26.0 Å². The lowest BCUT2D eigenvalue weighted by molar-refractivity contribution is 0.0689. The van der Waals surface area contributed by atoms with Gasteiger partial charge in [0.1, 0.15) is 5.75 Å². The van der Waals surface area contributed by atoms with E-state index in [0.717, 1.165) is 5.56 Å². The van der Waals surface area contributed by atoms with Crippen LogP contribution in [0.5, 0.6) is 5.75 Å². The number of halogens is 1. The predicted octanol–water partition coefficient (Wildman–Crippen LogP) is 3.07. The lowest BCUT2D eigenvalue weighted by Gasteiger charge is -2.15. The van der Waals surface area contributed by atoms with Gasteiger partial charge in [0.05, 0.1) is 5.69 Å². The predicted molar refractivity (Wildman–Crippen MR) is 76.5 cm³/mol. The van der Waals surface area contributed by atoms with Crippen molar-refractivity contribution in [3.63, 3.8) is 0 Å². The van der Waals surface area contributed by atoms with Gasteiger partial charge >= 0.3 is 5.97 Å². The fourth-order valence-corrected chi connectivity index (χ4v) is 2.45. The van der Waals surface area contributed by atoms with Crippen LogP contribution in [0.3, 0.4) is 0 Å². The Hall–Kier alpha value is -2.01. The normalized spacial score (nSPS) is 10.8. The molecule has 0 aliphatic heterocycles. The number of carboxylic acid groups (broad SMARTS) is 1. The van der Waals surface area contributed by atoms with E-state index in [1.54, 1.807) is 20.9 Å². The number of hydrogen-bond acceptors (Lipinski definition) is 3. The molecule has 20 heavy (non-hydrogen) atoms. The molecule has 0 fully saturated rings. The van der Waals surface area contributed by atoms with Gasteiger partial charge in [-0.15, -0.1) is 0 Å². The van der Waals surface area contributed by atoms with Crippen LogP contribution in [0.4, 0.5) is 0 Å². The van der Waals surface area contributed by atoms with Gasteiger partial charge in [-0.05, 0) is 43.5 Å². The Morgan fingerprint density at radius 2 is 1.85 bits per heavy atom. The minimum Gasteiger partial charge on any atom is -0.507 e. The zero-order chi connectivity index (χ0) is 15.2. The molecule has 1 aromatic heterocycles. The molecule has 5 nitrogen and oxygen atoms in total. The maximum absolute atomic E-state index is 11.0. The van der Waals surface area contributed by atoms with Crippen molar-refractivity contribution in [1.29, 1.82) is 0 Å². The van der Waals surface area contributed by atoms with Crippen LogP contribution in [0.2, 0.25) is 5.02 Å². The quantitative estimate of drug-likeness (QED) is 0.892. The number of rotatable bonds is 2. The van der Waals surface area contributed by atoms with Gasteiger partial charge in [0.15, 0.2) is 5.69 Å². The first-order valence-corrected chi connectivity index (χ1v) is 6.39. The fraction of sp³-hybridized carbons (Fsp3) is 0.286. The van der Waals surface area contributed by atoms with E-state index in [2.05, 4.69) is 5.10 Å². The molecule has 0 saturated carbocycles. The second-order valence-electron chi connectivity index (χ2n) is 4.76. The van der Waals surface area contributed by atoms with Crippen molar-refractivity contribution in [1.82, 2.24) is 9.78 Å². The molecule has 2 rings (SSSR count). The van der Waals surface area contributed by atoms with Crippen LogP contribution >= 0.6 is 11.6 Å². The zero-order valence-corrected chi connectivity index (χ0v) is 12.4. The Bertz CT molecular complexity index is 691. The Morgan fingerprint density at radius 3 is 2.35 bits per heavy atom. The summed E-state index contributed by atoms with van der Waals surface area (Å²) in [7, 11) is 1.63. The van der Waals surface area contributed by atoms with Gasteiger partial charge in [-0.2, -0.15) is 5.10 Å². The Labute approximate surface area is 121 Å². The van der Waals surface area contributed by atoms with E-state index in [4.69, 9.17) is 16.7 Å². The van der Waals surface area contributed by atoms with E-state index in [-0.39, 0.29) is 11.4 Å². The number of phenolic OH excluding ortho intramolecular Hbond substituents is 1. The van der Waals surface area contributed by atoms with Crippen molar-refractivity contribution in [3.8, 4) is 17.0 Å². The average Bonchev–Trinajstić information content (AvgIpc) is 2.77. The standard InChI is InChI=1S/C14H15ClN2O3/c1-6-7(2)13(18)11(8(3)12(6)15)10-5-9(14(19)20)16-17(10)4/h5,18H,1-4H3,(H,19,20). The molecule has 0 amide bonds. The third-order valence-corrected chi connectivity index (χ3v) is 4.11. The summed E-state index contributed by atoms with van der Waals surface area (Å²) in [5.41, 5.74) is 3.14. The summed E-state index contributed by atoms with van der Waals surface area (Å²) in [6.07, 6.45) is 0. The van der Waals surface area contributed by atoms with Crippen molar-refractivity contribution in [2.75, 3.05) is 0 Å². The van der Waals surface area contributed by atoms with Crippen LogP contribution in [-0.2, 0) is 7.05 Å². The summed E-state index contributed by atoms with van der Waals surface area (Å²) in [5, 5.41) is 23.8. The largest absolute Gasteiger partial charge is 0.507 e. The molecule has 2 N–H and O–H groups in total. The molecule has 0 spiro atoms. The first-order valence-electron chi connectivity index (χ1n) is 6.01. The maximum Gasteiger partial charge on any atom is 0.356 e. The Balaban J connectivity index is 2.80. The molecule has 106 valence electrons. The van der Waals surface area contributed by atoms with E-state index in [9.17, 15) is 9.90 Å². The third kappa shape index (κ3) is 2.04. The second kappa shape index (κ2) is 4.83. The average molecular weight is 295 g/mol. The SMILES string of the molecule is Cc1c(C)c(Cl)c(C)c(-c2cc(C(=O)O)nn2C)c1O.